The third-order valence-corrected chi connectivity index (χ3v) is 5.42. The molecular weight excluding hydrogens is 477 g/mol. The van der Waals surface area contributed by atoms with Gasteiger partial charge in [-0.15, -0.1) is 24.0 Å². The van der Waals surface area contributed by atoms with E-state index in [2.05, 4.69) is 21.7 Å². The van der Waals surface area contributed by atoms with Crippen molar-refractivity contribution in [1.82, 2.24) is 10.6 Å². The van der Waals surface area contributed by atoms with Crippen LogP contribution in [0.1, 0.15) is 24.5 Å². The zero-order chi connectivity index (χ0) is 18.8. The molecule has 6 nitrogen and oxygen atoms in total. The van der Waals surface area contributed by atoms with Crippen LogP contribution in [0.2, 0.25) is 0 Å². The Kier molecular flexibility index (Phi) is 11.4. The highest BCUT2D eigenvalue weighted by atomic mass is 127. The Balaban J connectivity index is 0.00000364. The quantitative estimate of drug-likeness (QED) is 0.206. The van der Waals surface area contributed by atoms with Gasteiger partial charge in [0.1, 0.15) is 12.4 Å². The van der Waals surface area contributed by atoms with E-state index in [0.717, 1.165) is 41.3 Å². The molecule has 1 heterocycles. The number of aliphatic imine (C=N–C) groups is 1. The summed E-state index contributed by atoms with van der Waals surface area (Å²) in [6.07, 6.45) is 0.819. The average molecular weight is 509 g/mol. The van der Waals surface area contributed by atoms with Gasteiger partial charge < -0.3 is 25.2 Å². The molecule has 1 unspecified atom stereocenters. The van der Waals surface area contributed by atoms with Gasteiger partial charge in [0.2, 0.25) is 0 Å². The summed E-state index contributed by atoms with van der Waals surface area (Å²) in [5.41, 5.74) is 1.54. The highest BCUT2D eigenvalue weighted by Gasteiger charge is 2.31. The lowest BCUT2D eigenvalue weighted by Gasteiger charge is -2.23. The van der Waals surface area contributed by atoms with Crippen molar-refractivity contribution in [3.8, 4) is 5.75 Å². The van der Waals surface area contributed by atoms with Crippen LogP contribution in [0.25, 0.3) is 0 Å². The maximum atomic E-state index is 10.5. The molecule has 2 rings (SSSR count). The standard InChI is InChI=1S/C19H31N3O3S.HI/c1-4-20-18(22-13-19(23)7-10-26-14-19)21-12-16-6-5-15(2)11-17(16)25-9-8-24-3;/h5-6,11,23H,4,7-10,12-14H2,1-3H3,(H2,20,21,22);1H. The molecule has 27 heavy (non-hydrogen) atoms. The summed E-state index contributed by atoms with van der Waals surface area (Å²) < 4.78 is 10.9. The molecule has 1 aliphatic rings. The molecule has 1 fully saturated rings. The van der Waals surface area contributed by atoms with Crippen LogP contribution in [0.5, 0.6) is 5.75 Å². The van der Waals surface area contributed by atoms with Gasteiger partial charge in [0, 0.05) is 31.5 Å². The van der Waals surface area contributed by atoms with Crippen LogP contribution in [-0.2, 0) is 11.3 Å². The van der Waals surface area contributed by atoms with Crippen LogP contribution in [0.4, 0.5) is 0 Å². The van der Waals surface area contributed by atoms with Crippen molar-refractivity contribution >= 4 is 41.7 Å². The fourth-order valence-electron chi connectivity index (χ4n) is 2.65. The monoisotopic (exact) mass is 509 g/mol. The molecule has 1 aromatic rings. The van der Waals surface area contributed by atoms with Gasteiger partial charge in [0.15, 0.2) is 5.96 Å². The van der Waals surface area contributed by atoms with E-state index in [1.807, 2.05) is 26.0 Å². The lowest BCUT2D eigenvalue weighted by Crippen LogP contribution is -2.47. The molecule has 0 spiro atoms. The van der Waals surface area contributed by atoms with E-state index < -0.39 is 5.60 Å². The summed E-state index contributed by atoms with van der Waals surface area (Å²) in [5.74, 6) is 3.33. The van der Waals surface area contributed by atoms with E-state index in [1.165, 1.54) is 0 Å². The van der Waals surface area contributed by atoms with Gasteiger partial charge >= 0.3 is 0 Å². The highest BCUT2D eigenvalue weighted by molar-refractivity contribution is 14.0. The number of guanidine groups is 1. The largest absolute Gasteiger partial charge is 0.491 e. The van der Waals surface area contributed by atoms with Gasteiger partial charge in [-0.1, -0.05) is 12.1 Å². The van der Waals surface area contributed by atoms with Crippen molar-refractivity contribution in [1.29, 1.82) is 0 Å². The van der Waals surface area contributed by atoms with Gasteiger partial charge in [-0.25, -0.2) is 4.99 Å². The summed E-state index contributed by atoms with van der Waals surface area (Å²) >= 11 is 1.79. The number of aliphatic hydroxyl groups is 1. The van der Waals surface area contributed by atoms with Gasteiger partial charge in [0.05, 0.1) is 18.8 Å². The Morgan fingerprint density at radius 3 is 2.81 bits per heavy atom. The fraction of sp³-hybridized carbons (Fsp3) is 0.632. The Morgan fingerprint density at radius 1 is 1.33 bits per heavy atom. The molecule has 1 aliphatic heterocycles. The molecule has 0 aliphatic carbocycles. The normalized spacial score (nSPS) is 19.5. The SMILES string of the molecule is CCNC(=NCc1ccc(C)cc1OCCOC)NCC1(O)CCSC1.I. The second kappa shape index (κ2) is 12.7. The molecule has 1 atom stereocenters. The van der Waals surface area contributed by atoms with Crippen molar-refractivity contribution in [2.24, 2.45) is 4.99 Å². The van der Waals surface area contributed by atoms with Crippen LogP contribution in [0.15, 0.2) is 23.2 Å². The number of nitrogens with one attached hydrogen (secondary N) is 2. The van der Waals surface area contributed by atoms with E-state index in [-0.39, 0.29) is 24.0 Å². The Labute approximate surface area is 183 Å². The summed E-state index contributed by atoms with van der Waals surface area (Å²) in [5, 5.41) is 17.0. The minimum absolute atomic E-state index is 0. The lowest BCUT2D eigenvalue weighted by atomic mass is 10.0. The molecule has 0 radical (unpaired) electrons. The van der Waals surface area contributed by atoms with Crippen LogP contribution >= 0.6 is 35.7 Å². The Bertz CT molecular complexity index is 596. The van der Waals surface area contributed by atoms with E-state index in [4.69, 9.17) is 9.47 Å². The van der Waals surface area contributed by atoms with Crippen molar-refractivity contribution in [3.63, 3.8) is 0 Å². The molecule has 8 heteroatoms. The summed E-state index contributed by atoms with van der Waals surface area (Å²) in [6.45, 7) is 6.92. The number of thioether (sulfide) groups is 1. The van der Waals surface area contributed by atoms with Gasteiger partial charge in [0.25, 0.3) is 0 Å². The third kappa shape index (κ3) is 8.45. The maximum Gasteiger partial charge on any atom is 0.191 e. The minimum Gasteiger partial charge on any atom is -0.491 e. The topological polar surface area (TPSA) is 75.1 Å². The van der Waals surface area contributed by atoms with Crippen molar-refractivity contribution < 1.29 is 14.6 Å². The first kappa shape index (κ1) is 24.3. The summed E-state index contributed by atoms with van der Waals surface area (Å²) in [4.78, 5) is 4.66. The molecular formula is C19H32IN3O3S. The number of benzene rings is 1. The highest BCUT2D eigenvalue weighted by Crippen LogP contribution is 2.27. The van der Waals surface area contributed by atoms with Crippen molar-refractivity contribution in [2.45, 2.75) is 32.4 Å². The smallest absolute Gasteiger partial charge is 0.191 e. The fourth-order valence-corrected chi connectivity index (χ4v) is 3.95. The molecule has 0 aromatic heterocycles. The van der Waals surface area contributed by atoms with Gasteiger partial charge in [-0.05, 0) is 37.7 Å². The zero-order valence-electron chi connectivity index (χ0n) is 16.4. The van der Waals surface area contributed by atoms with Crippen LogP contribution < -0.4 is 15.4 Å². The number of hydrogen-bond donors (Lipinski definition) is 3. The molecule has 1 aromatic carbocycles. The third-order valence-electron chi connectivity index (χ3n) is 4.19. The Hall–Kier alpha value is -0.710. The zero-order valence-corrected chi connectivity index (χ0v) is 19.6. The number of hydrogen-bond acceptors (Lipinski definition) is 5. The van der Waals surface area contributed by atoms with Crippen molar-refractivity contribution in [3.05, 3.63) is 29.3 Å². The number of aryl methyl sites for hydroxylation is 1. The summed E-state index contributed by atoms with van der Waals surface area (Å²) in [7, 11) is 1.66. The molecule has 154 valence electrons. The van der Waals surface area contributed by atoms with Gasteiger partial charge in [-0.2, -0.15) is 11.8 Å². The maximum absolute atomic E-state index is 10.5. The Morgan fingerprint density at radius 2 is 2.15 bits per heavy atom. The molecule has 1 saturated heterocycles. The predicted molar refractivity (Wildman–Crippen MR) is 124 cm³/mol. The van der Waals surface area contributed by atoms with E-state index in [9.17, 15) is 5.11 Å². The second-order valence-corrected chi connectivity index (χ2v) is 7.63. The first-order valence-electron chi connectivity index (χ1n) is 9.10. The molecule has 3 N–H and O–H groups in total. The molecule has 0 amide bonds. The molecule has 0 saturated carbocycles. The molecule has 0 bridgehead atoms. The van der Waals surface area contributed by atoms with Crippen molar-refractivity contribution in [2.75, 3.05) is 44.9 Å². The number of nitrogens with zero attached hydrogens (tertiary/aromatic N) is 1. The average Bonchev–Trinajstić information content (AvgIpc) is 3.06. The second-order valence-electron chi connectivity index (χ2n) is 6.53. The minimum atomic E-state index is -0.640. The predicted octanol–water partition coefficient (Wildman–Crippen LogP) is 2.56. The number of ether oxygens (including phenoxy) is 2. The van der Waals surface area contributed by atoms with E-state index >= 15 is 0 Å². The lowest BCUT2D eigenvalue weighted by molar-refractivity contribution is 0.0724. The summed E-state index contributed by atoms with van der Waals surface area (Å²) in [6, 6.07) is 6.14. The first-order valence-corrected chi connectivity index (χ1v) is 10.3. The first-order chi connectivity index (χ1) is 12.6. The number of methoxy groups -OCH3 is 1. The van der Waals surface area contributed by atoms with Crippen LogP contribution in [0, 0.1) is 6.92 Å². The van der Waals surface area contributed by atoms with Gasteiger partial charge in [-0.3, -0.25) is 0 Å². The number of halogens is 1. The van der Waals surface area contributed by atoms with Crippen LogP contribution in [0.3, 0.4) is 0 Å². The van der Waals surface area contributed by atoms with E-state index in [0.29, 0.717) is 32.3 Å². The van der Waals surface area contributed by atoms with E-state index in [1.54, 1.807) is 18.9 Å². The number of rotatable bonds is 9. The van der Waals surface area contributed by atoms with Crippen LogP contribution in [-0.4, -0.2) is 61.6 Å².